The third kappa shape index (κ3) is 5.31. The first-order valence-corrected chi connectivity index (χ1v) is 10.9. The molecule has 0 aliphatic carbocycles. The Morgan fingerprint density at radius 3 is 2.72 bits per heavy atom. The molecular weight excluding hydrogens is 432 g/mol. The van der Waals surface area contributed by atoms with E-state index in [2.05, 4.69) is 4.98 Å². The summed E-state index contributed by atoms with van der Waals surface area (Å²) in [5, 5.41) is 0.631. The van der Waals surface area contributed by atoms with Crippen molar-refractivity contribution in [3.8, 4) is 0 Å². The molecule has 1 aromatic carbocycles. The van der Waals surface area contributed by atoms with Gasteiger partial charge < -0.3 is 10.2 Å². The zero-order valence-corrected chi connectivity index (χ0v) is 18.9. The van der Waals surface area contributed by atoms with E-state index in [1.165, 1.54) is 15.7 Å². The van der Waals surface area contributed by atoms with Crippen LogP contribution >= 0.6 is 11.6 Å². The van der Waals surface area contributed by atoms with Crippen molar-refractivity contribution in [2.75, 3.05) is 10.6 Å². The van der Waals surface area contributed by atoms with Crippen molar-refractivity contribution in [1.29, 1.82) is 0 Å². The molecule has 8 nitrogen and oxygen atoms in total. The van der Waals surface area contributed by atoms with Crippen LogP contribution in [0.2, 0.25) is 5.02 Å². The van der Waals surface area contributed by atoms with Gasteiger partial charge in [0.15, 0.2) is 5.69 Å². The number of nitrogens with zero attached hydrogens (tertiary/aromatic N) is 2. The number of rotatable bonds is 9. The van der Waals surface area contributed by atoms with Gasteiger partial charge in [0.1, 0.15) is 11.6 Å². The molecule has 9 heteroatoms. The van der Waals surface area contributed by atoms with Gasteiger partial charge in [-0.1, -0.05) is 37.1 Å². The summed E-state index contributed by atoms with van der Waals surface area (Å²) in [5.74, 6) is 0.128. The van der Waals surface area contributed by atoms with Crippen LogP contribution in [0, 0.1) is 6.92 Å². The third-order valence-electron chi connectivity index (χ3n) is 5.28. The van der Waals surface area contributed by atoms with Gasteiger partial charge in [-0.15, -0.1) is 0 Å². The molecule has 0 saturated heterocycles. The molecule has 2 heterocycles. The fourth-order valence-electron chi connectivity index (χ4n) is 3.40. The molecule has 170 valence electrons. The van der Waals surface area contributed by atoms with E-state index in [1.54, 1.807) is 12.1 Å². The van der Waals surface area contributed by atoms with Crippen molar-refractivity contribution in [1.82, 2.24) is 9.55 Å². The molecular formula is C23H27ClN4O4. The molecule has 2 aromatic heterocycles. The number of nitrogens with one attached hydrogen (secondary N) is 1. The van der Waals surface area contributed by atoms with Gasteiger partial charge in [0.05, 0.1) is 12.8 Å². The van der Waals surface area contributed by atoms with Crippen LogP contribution in [0.1, 0.15) is 43.1 Å². The number of unbranched alkanes of at least 4 members (excludes halogenated alkanes) is 1. The van der Waals surface area contributed by atoms with Gasteiger partial charge in [-0.25, -0.2) is 4.79 Å². The Morgan fingerprint density at radius 1 is 1.28 bits per heavy atom. The Bertz CT molecular complexity index is 1200. The summed E-state index contributed by atoms with van der Waals surface area (Å²) in [6.45, 7) is 4.25. The van der Waals surface area contributed by atoms with E-state index in [1.807, 2.05) is 32.0 Å². The van der Waals surface area contributed by atoms with E-state index in [4.69, 9.17) is 21.8 Å². The number of hydrogen-bond donors (Lipinski definition) is 2. The Morgan fingerprint density at radius 2 is 2.06 bits per heavy atom. The van der Waals surface area contributed by atoms with Gasteiger partial charge in [0, 0.05) is 18.0 Å². The van der Waals surface area contributed by atoms with Crippen LogP contribution in [-0.4, -0.2) is 15.5 Å². The molecule has 1 amide bonds. The Labute approximate surface area is 190 Å². The van der Waals surface area contributed by atoms with Crippen LogP contribution in [0.5, 0.6) is 0 Å². The lowest BCUT2D eigenvalue weighted by Gasteiger charge is -2.24. The predicted molar refractivity (Wildman–Crippen MR) is 125 cm³/mol. The first-order chi connectivity index (χ1) is 15.3. The van der Waals surface area contributed by atoms with Crippen molar-refractivity contribution < 1.29 is 9.21 Å². The molecule has 0 aliphatic heterocycles. The second-order valence-corrected chi connectivity index (χ2v) is 8.05. The molecule has 0 saturated carbocycles. The summed E-state index contributed by atoms with van der Waals surface area (Å²) < 4.78 is 6.69. The van der Waals surface area contributed by atoms with Crippen LogP contribution in [0.25, 0.3) is 0 Å². The molecule has 0 spiro atoms. The number of benzene rings is 1. The monoisotopic (exact) mass is 458 g/mol. The van der Waals surface area contributed by atoms with E-state index in [0.717, 1.165) is 17.5 Å². The summed E-state index contributed by atoms with van der Waals surface area (Å²) in [5.41, 5.74) is 6.74. The number of aromatic amines is 1. The zero-order valence-electron chi connectivity index (χ0n) is 18.2. The summed E-state index contributed by atoms with van der Waals surface area (Å²) in [7, 11) is 0. The maximum Gasteiger partial charge on any atom is 0.330 e. The number of carbonyl (C=O) groups is 1. The second kappa shape index (κ2) is 10.4. The number of nitrogen functional groups attached to an aromatic ring is 1. The van der Waals surface area contributed by atoms with Crippen LogP contribution in [0.3, 0.4) is 0 Å². The lowest BCUT2D eigenvalue weighted by atomic mass is 10.1. The van der Waals surface area contributed by atoms with Gasteiger partial charge in [0.2, 0.25) is 5.91 Å². The summed E-state index contributed by atoms with van der Waals surface area (Å²) in [6, 6.07) is 9.04. The molecule has 0 fully saturated rings. The molecule has 0 radical (unpaired) electrons. The summed E-state index contributed by atoms with van der Waals surface area (Å²) >= 11 is 6.20. The van der Waals surface area contributed by atoms with Crippen molar-refractivity contribution in [3.63, 3.8) is 0 Å². The third-order valence-corrected chi connectivity index (χ3v) is 5.69. The summed E-state index contributed by atoms with van der Waals surface area (Å²) in [4.78, 5) is 41.9. The number of anilines is 2. The van der Waals surface area contributed by atoms with E-state index in [0.29, 0.717) is 30.2 Å². The minimum Gasteiger partial charge on any atom is -0.467 e. The molecule has 0 bridgehead atoms. The van der Waals surface area contributed by atoms with Crippen LogP contribution < -0.4 is 21.9 Å². The molecule has 0 atom stereocenters. The Kier molecular flexibility index (Phi) is 7.58. The number of nitrogens with two attached hydrogens (primary N) is 1. The SMILES string of the molecule is CCCCn1c(N)c(N(Cc2ccco2)C(=O)CCc2ccc(C)c(Cl)c2)c(=O)[nH]c1=O. The predicted octanol–water partition coefficient (Wildman–Crippen LogP) is 3.64. The molecule has 0 unspecified atom stereocenters. The minimum absolute atomic E-state index is 0.0136. The first-order valence-electron chi connectivity index (χ1n) is 10.5. The second-order valence-electron chi connectivity index (χ2n) is 7.64. The van der Waals surface area contributed by atoms with Gasteiger partial charge in [-0.2, -0.15) is 0 Å². The van der Waals surface area contributed by atoms with E-state index >= 15 is 0 Å². The van der Waals surface area contributed by atoms with E-state index in [-0.39, 0.29) is 30.4 Å². The number of hydrogen-bond acceptors (Lipinski definition) is 5. The Hall–Kier alpha value is -3.26. The minimum atomic E-state index is -0.710. The highest BCUT2D eigenvalue weighted by Gasteiger charge is 2.25. The largest absolute Gasteiger partial charge is 0.467 e. The quantitative estimate of drug-likeness (QED) is 0.508. The topological polar surface area (TPSA) is 114 Å². The standard InChI is InChI=1S/C23H27ClN4O4/c1-3-4-11-27-21(25)20(22(30)26-23(27)31)28(14-17-6-5-12-32-17)19(29)10-9-16-8-7-15(2)18(24)13-16/h5-8,12-13H,3-4,9-11,14,25H2,1-2H3,(H,26,30,31). The molecule has 0 aliphatic rings. The van der Waals surface area contributed by atoms with Crippen LogP contribution in [-0.2, 0) is 24.3 Å². The van der Waals surface area contributed by atoms with E-state index in [9.17, 15) is 14.4 Å². The lowest BCUT2D eigenvalue weighted by molar-refractivity contribution is -0.118. The average molecular weight is 459 g/mol. The van der Waals surface area contributed by atoms with E-state index < -0.39 is 11.2 Å². The van der Waals surface area contributed by atoms with Crippen molar-refractivity contribution >= 4 is 29.0 Å². The first kappa shape index (κ1) is 23.4. The Balaban J connectivity index is 1.95. The average Bonchev–Trinajstić information content (AvgIpc) is 3.26. The summed E-state index contributed by atoms with van der Waals surface area (Å²) in [6.07, 6.45) is 3.58. The van der Waals surface area contributed by atoms with Crippen molar-refractivity contribution in [3.05, 3.63) is 79.3 Å². The molecule has 3 aromatic rings. The highest BCUT2D eigenvalue weighted by atomic mass is 35.5. The maximum atomic E-state index is 13.3. The normalized spacial score (nSPS) is 11.0. The fraction of sp³-hybridized carbons (Fsp3) is 0.348. The van der Waals surface area contributed by atoms with Gasteiger partial charge in [-0.3, -0.25) is 24.0 Å². The number of halogens is 1. The molecule has 32 heavy (non-hydrogen) atoms. The molecule has 3 rings (SSSR count). The molecule has 3 N–H and O–H groups in total. The van der Waals surface area contributed by atoms with Crippen LogP contribution in [0.15, 0.2) is 50.6 Å². The number of H-pyrrole nitrogens is 1. The number of amides is 1. The zero-order chi connectivity index (χ0) is 23.3. The number of aromatic nitrogens is 2. The number of aryl methyl sites for hydroxylation is 2. The highest BCUT2D eigenvalue weighted by molar-refractivity contribution is 6.31. The highest BCUT2D eigenvalue weighted by Crippen LogP contribution is 2.23. The van der Waals surface area contributed by atoms with Gasteiger partial charge >= 0.3 is 5.69 Å². The fourth-order valence-corrected chi connectivity index (χ4v) is 3.61. The maximum absolute atomic E-state index is 13.3. The van der Waals surface area contributed by atoms with Crippen molar-refractivity contribution in [2.24, 2.45) is 0 Å². The number of furan rings is 1. The van der Waals surface area contributed by atoms with Crippen molar-refractivity contribution in [2.45, 2.75) is 52.6 Å². The smallest absolute Gasteiger partial charge is 0.330 e. The lowest BCUT2D eigenvalue weighted by Crippen LogP contribution is -2.41. The van der Waals surface area contributed by atoms with Gasteiger partial charge in [-0.05, 0) is 49.1 Å². The van der Waals surface area contributed by atoms with Gasteiger partial charge in [0.25, 0.3) is 5.56 Å². The van der Waals surface area contributed by atoms with Crippen LogP contribution in [0.4, 0.5) is 11.5 Å². The number of carbonyl (C=O) groups excluding carboxylic acids is 1.